The molecule has 0 heterocycles. The van der Waals surface area contributed by atoms with Gasteiger partial charge in [0, 0.05) is 24.8 Å². The fourth-order valence-electron chi connectivity index (χ4n) is 1.37. The molecular weight excluding hydrogens is 216 g/mol. The monoisotopic (exact) mass is 236 g/mol. The highest BCUT2D eigenvalue weighted by molar-refractivity contribution is 5.94. The van der Waals surface area contributed by atoms with Crippen LogP contribution in [0.5, 0.6) is 5.75 Å². The normalized spacial score (nSPS) is 10.4. The fourth-order valence-corrected chi connectivity index (χ4v) is 1.37. The van der Waals surface area contributed by atoms with E-state index in [1.54, 1.807) is 19.1 Å². The number of anilines is 1. The second kappa shape index (κ2) is 6.25. The molecule has 1 aromatic rings. The number of rotatable bonds is 5. The summed E-state index contributed by atoms with van der Waals surface area (Å²) >= 11 is 0. The first-order valence-electron chi connectivity index (χ1n) is 5.68. The number of benzene rings is 1. The molecule has 4 heteroatoms. The van der Waals surface area contributed by atoms with Crippen LogP contribution in [0.2, 0.25) is 0 Å². The van der Waals surface area contributed by atoms with E-state index >= 15 is 0 Å². The average Bonchev–Trinajstić information content (AvgIpc) is 2.35. The molecule has 0 fully saturated rings. The first kappa shape index (κ1) is 13.5. The molecule has 0 aliphatic rings. The van der Waals surface area contributed by atoms with Crippen LogP contribution in [-0.4, -0.2) is 32.7 Å². The van der Waals surface area contributed by atoms with Crippen LogP contribution < -0.4 is 15.0 Å². The van der Waals surface area contributed by atoms with Crippen LogP contribution in [0.4, 0.5) is 5.69 Å². The van der Waals surface area contributed by atoms with Gasteiger partial charge in [-0.1, -0.05) is 19.9 Å². The molecule has 0 atom stereocenters. The SMILES string of the molecule is COc1cccc(N(C)C(=O)CNC(C)C)c1. The Bertz CT molecular complexity index is 377. The Labute approximate surface area is 103 Å². The molecule has 0 saturated carbocycles. The summed E-state index contributed by atoms with van der Waals surface area (Å²) in [6.07, 6.45) is 0. The summed E-state index contributed by atoms with van der Waals surface area (Å²) in [5.74, 6) is 0.783. The lowest BCUT2D eigenvalue weighted by atomic mass is 10.2. The molecule has 0 spiro atoms. The Morgan fingerprint density at radius 1 is 1.47 bits per heavy atom. The highest BCUT2D eigenvalue weighted by Gasteiger charge is 2.11. The fraction of sp³-hybridized carbons (Fsp3) is 0.462. The summed E-state index contributed by atoms with van der Waals surface area (Å²) in [5, 5.41) is 3.10. The third-order valence-electron chi connectivity index (χ3n) is 2.48. The topological polar surface area (TPSA) is 41.6 Å². The van der Waals surface area contributed by atoms with Gasteiger partial charge in [0.2, 0.25) is 5.91 Å². The van der Waals surface area contributed by atoms with Crippen LogP contribution in [0, 0.1) is 0 Å². The number of methoxy groups -OCH3 is 1. The number of nitrogens with zero attached hydrogens (tertiary/aromatic N) is 1. The van der Waals surface area contributed by atoms with E-state index in [9.17, 15) is 4.79 Å². The van der Waals surface area contributed by atoms with Crippen molar-refractivity contribution in [3.05, 3.63) is 24.3 Å². The lowest BCUT2D eigenvalue weighted by molar-refractivity contribution is -0.117. The van der Waals surface area contributed by atoms with E-state index in [0.29, 0.717) is 12.6 Å². The molecule has 0 saturated heterocycles. The molecule has 0 unspecified atom stereocenters. The van der Waals surface area contributed by atoms with Crippen molar-refractivity contribution in [2.75, 3.05) is 25.6 Å². The Morgan fingerprint density at radius 2 is 2.18 bits per heavy atom. The van der Waals surface area contributed by atoms with Crippen LogP contribution in [0.1, 0.15) is 13.8 Å². The highest BCUT2D eigenvalue weighted by atomic mass is 16.5. The minimum Gasteiger partial charge on any atom is -0.497 e. The molecule has 0 bridgehead atoms. The van der Waals surface area contributed by atoms with Gasteiger partial charge in [0.15, 0.2) is 0 Å². The third-order valence-corrected chi connectivity index (χ3v) is 2.48. The Morgan fingerprint density at radius 3 is 2.76 bits per heavy atom. The van der Waals surface area contributed by atoms with Crippen molar-refractivity contribution in [2.45, 2.75) is 19.9 Å². The zero-order valence-electron chi connectivity index (χ0n) is 10.9. The zero-order chi connectivity index (χ0) is 12.8. The van der Waals surface area contributed by atoms with E-state index in [0.717, 1.165) is 11.4 Å². The second-order valence-corrected chi connectivity index (χ2v) is 4.19. The van der Waals surface area contributed by atoms with Gasteiger partial charge >= 0.3 is 0 Å². The molecule has 0 aliphatic heterocycles. The van der Waals surface area contributed by atoms with Gasteiger partial charge in [-0.15, -0.1) is 0 Å². The summed E-state index contributed by atoms with van der Waals surface area (Å²) in [6, 6.07) is 7.75. The number of amides is 1. The quantitative estimate of drug-likeness (QED) is 0.845. The largest absolute Gasteiger partial charge is 0.497 e. The van der Waals surface area contributed by atoms with Crippen molar-refractivity contribution in [2.24, 2.45) is 0 Å². The number of nitrogens with one attached hydrogen (secondary N) is 1. The Balaban J connectivity index is 2.67. The van der Waals surface area contributed by atoms with Gasteiger partial charge in [-0.2, -0.15) is 0 Å². The average molecular weight is 236 g/mol. The van der Waals surface area contributed by atoms with Gasteiger partial charge in [0.05, 0.1) is 13.7 Å². The molecule has 0 radical (unpaired) electrons. The molecule has 1 rings (SSSR count). The lowest BCUT2D eigenvalue weighted by Crippen LogP contribution is -2.38. The molecular formula is C13H20N2O2. The standard InChI is InChI=1S/C13H20N2O2/c1-10(2)14-9-13(16)15(3)11-6-5-7-12(8-11)17-4/h5-8,10,14H,9H2,1-4H3. The first-order chi connectivity index (χ1) is 8.04. The number of carbonyl (C=O) groups excluding carboxylic acids is 1. The van der Waals surface area contributed by atoms with Crippen LogP contribution in [0.15, 0.2) is 24.3 Å². The maximum atomic E-state index is 11.9. The van der Waals surface area contributed by atoms with Crippen LogP contribution >= 0.6 is 0 Å². The van der Waals surface area contributed by atoms with Crippen molar-refractivity contribution >= 4 is 11.6 Å². The van der Waals surface area contributed by atoms with Gasteiger partial charge in [0.25, 0.3) is 0 Å². The lowest BCUT2D eigenvalue weighted by Gasteiger charge is -2.19. The maximum absolute atomic E-state index is 11.9. The van der Waals surface area contributed by atoms with Gasteiger partial charge in [0.1, 0.15) is 5.75 Å². The van der Waals surface area contributed by atoms with Crippen molar-refractivity contribution in [1.29, 1.82) is 0 Å². The molecule has 0 aromatic heterocycles. The summed E-state index contributed by atoms with van der Waals surface area (Å²) < 4.78 is 5.13. The van der Waals surface area contributed by atoms with E-state index in [1.807, 2.05) is 38.1 Å². The number of hydrogen-bond donors (Lipinski definition) is 1. The molecule has 1 N–H and O–H groups in total. The Kier molecular flexibility index (Phi) is 4.97. The number of likely N-dealkylation sites (N-methyl/N-ethyl adjacent to an activating group) is 1. The van der Waals surface area contributed by atoms with Gasteiger partial charge in [-0.25, -0.2) is 0 Å². The minimum atomic E-state index is 0.0342. The molecule has 4 nitrogen and oxygen atoms in total. The van der Waals surface area contributed by atoms with E-state index in [4.69, 9.17) is 4.74 Å². The summed E-state index contributed by atoms with van der Waals surface area (Å²) in [7, 11) is 3.38. The number of ether oxygens (including phenoxy) is 1. The van der Waals surface area contributed by atoms with E-state index in [2.05, 4.69) is 5.32 Å². The predicted octanol–water partition coefficient (Wildman–Crippen LogP) is 1.66. The van der Waals surface area contributed by atoms with E-state index in [1.165, 1.54) is 0 Å². The van der Waals surface area contributed by atoms with Gasteiger partial charge in [-0.3, -0.25) is 4.79 Å². The van der Waals surface area contributed by atoms with Gasteiger partial charge < -0.3 is 15.0 Å². The first-order valence-corrected chi connectivity index (χ1v) is 5.68. The predicted molar refractivity (Wildman–Crippen MR) is 69.5 cm³/mol. The summed E-state index contributed by atoms with van der Waals surface area (Å²) in [4.78, 5) is 13.5. The molecule has 94 valence electrons. The van der Waals surface area contributed by atoms with Crippen LogP contribution in [-0.2, 0) is 4.79 Å². The highest BCUT2D eigenvalue weighted by Crippen LogP contribution is 2.19. The smallest absolute Gasteiger partial charge is 0.240 e. The number of hydrogen-bond acceptors (Lipinski definition) is 3. The van der Waals surface area contributed by atoms with Crippen molar-refractivity contribution in [3.63, 3.8) is 0 Å². The molecule has 1 amide bonds. The third kappa shape index (κ3) is 4.07. The van der Waals surface area contributed by atoms with Crippen LogP contribution in [0.25, 0.3) is 0 Å². The van der Waals surface area contributed by atoms with Gasteiger partial charge in [-0.05, 0) is 12.1 Å². The van der Waals surface area contributed by atoms with Crippen LogP contribution in [0.3, 0.4) is 0 Å². The van der Waals surface area contributed by atoms with Crippen molar-refractivity contribution < 1.29 is 9.53 Å². The summed E-state index contributed by atoms with van der Waals surface area (Å²) in [5.41, 5.74) is 0.833. The Hall–Kier alpha value is -1.55. The second-order valence-electron chi connectivity index (χ2n) is 4.19. The van der Waals surface area contributed by atoms with Crippen molar-refractivity contribution in [1.82, 2.24) is 5.32 Å². The maximum Gasteiger partial charge on any atom is 0.240 e. The van der Waals surface area contributed by atoms with E-state index in [-0.39, 0.29) is 5.91 Å². The minimum absolute atomic E-state index is 0.0342. The number of carbonyl (C=O) groups is 1. The molecule has 1 aromatic carbocycles. The van der Waals surface area contributed by atoms with E-state index < -0.39 is 0 Å². The molecule has 0 aliphatic carbocycles. The summed E-state index contributed by atoms with van der Waals surface area (Å²) in [6.45, 7) is 4.36. The van der Waals surface area contributed by atoms with Crippen molar-refractivity contribution in [3.8, 4) is 5.75 Å². The zero-order valence-corrected chi connectivity index (χ0v) is 10.9. The molecule has 17 heavy (non-hydrogen) atoms.